The number of ether oxygens (including phenoxy) is 2. The Bertz CT molecular complexity index is 767. The van der Waals surface area contributed by atoms with Crippen molar-refractivity contribution in [3.05, 3.63) is 48.2 Å². The molecule has 0 bridgehead atoms. The van der Waals surface area contributed by atoms with Gasteiger partial charge in [-0.15, -0.1) is 0 Å². The summed E-state index contributed by atoms with van der Waals surface area (Å²) in [6, 6.07) is 4.18. The molecule has 0 radical (unpaired) electrons. The first-order chi connectivity index (χ1) is 13.3. The summed E-state index contributed by atoms with van der Waals surface area (Å²) >= 11 is 0. The maximum Gasteiger partial charge on any atom is 0.274 e. The molecular formula is C19H23N5O3. The number of morpholine rings is 1. The highest BCUT2D eigenvalue weighted by Crippen LogP contribution is 2.22. The smallest absolute Gasteiger partial charge is 0.274 e. The van der Waals surface area contributed by atoms with Crippen LogP contribution in [0.3, 0.4) is 0 Å². The van der Waals surface area contributed by atoms with Crippen LogP contribution in [-0.4, -0.2) is 71.3 Å². The molecule has 1 N–H and O–H groups in total. The number of aromatic nitrogens is 3. The minimum absolute atomic E-state index is 0.106. The van der Waals surface area contributed by atoms with Crippen LogP contribution in [0.1, 0.15) is 16.1 Å². The molecule has 0 saturated carbocycles. The highest BCUT2D eigenvalue weighted by atomic mass is 16.5. The van der Waals surface area contributed by atoms with E-state index in [0.29, 0.717) is 56.9 Å². The fraction of sp³-hybridized carbons (Fsp3) is 0.474. The molecule has 0 aromatic carbocycles. The molecule has 0 spiro atoms. The predicted octanol–water partition coefficient (Wildman–Crippen LogP) is 1.01. The van der Waals surface area contributed by atoms with Gasteiger partial charge in [0.1, 0.15) is 11.5 Å². The Hall–Kier alpha value is -2.58. The normalized spacial score (nSPS) is 22.6. The van der Waals surface area contributed by atoms with E-state index >= 15 is 0 Å². The average Bonchev–Trinajstić information content (AvgIpc) is 3.15. The maximum absolute atomic E-state index is 12.6. The number of amides is 1. The van der Waals surface area contributed by atoms with Crippen molar-refractivity contribution in [2.75, 3.05) is 44.8 Å². The predicted molar refractivity (Wildman–Crippen MR) is 98.4 cm³/mol. The number of carbonyl (C=O) groups is 1. The van der Waals surface area contributed by atoms with Gasteiger partial charge < -0.3 is 19.7 Å². The van der Waals surface area contributed by atoms with E-state index in [1.54, 1.807) is 23.5 Å². The number of nitrogens with one attached hydrogen (secondary N) is 1. The molecule has 0 aliphatic carbocycles. The van der Waals surface area contributed by atoms with E-state index in [1.807, 2.05) is 12.1 Å². The van der Waals surface area contributed by atoms with Crippen molar-refractivity contribution in [3.8, 4) is 0 Å². The summed E-state index contributed by atoms with van der Waals surface area (Å²) in [6.07, 6.45) is 7.68. The number of pyridine rings is 1. The number of hydrogen-bond donors (Lipinski definition) is 1. The lowest BCUT2D eigenvalue weighted by Gasteiger charge is -2.26. The van der Waals surface area contributed by atoms with E-state index in [-0.39, 0.29) is 11.9 Å². The second-order valence-electron chi connectivity index (χ2n) is 6.80. The molecule has 2 aliphatic heterocycles. The van der Waals surface area contributed by atoms with Crippen LogP contribution in [0, 0.1) is 5.92 Å². The molecule has 142 valence electrons. The average molecular weight is 369 g/mol. The monoisotopic (exact) mass is 369 g/mol. The van der Waals surface area contributed by atoms with E-state index in [2.05, 4.69) is 20.3 Å². The molecule has 4 heterocycles. The van der Waals surface area contributed by atoms with Crippen LogP contribution < -0.4 is 5.32 Å². The first kappa shape index (κ1) is 17.8. The second-order valence-corrected chi connectivity index (χ2v) is 6.80. The minimum Gasteiger partial charge on any atom is -0.379 e. The molecule has 2 aromatic heterocycles. The van der Waals surface area contributed by atoms with Gasteiger partial charge >= 0.3 is 0 Å². The number of nitrogens with zero attached hydrogens (tertiary/aromatic N) is 4. The first-order valence-electron chi connectivity index (χ1n) is 9.22. The zero-order valence-electron chi connectivity index (χ0n) is 15.1. The molecule has 4 rings (SSSR count). The van der Waals surface area contributed by atoms with Gasteiger partial charge in [-0.25, -0.2) is 4.98 Å². The fourth-order valence-corrected chi connectivity index (χ4v) is 3.44. The number of hydrogen-bond acceptors (Lipinski definition) is 7. The number of anilines is 1. The van der Waals surface area contributed by atoms with Gasteiger partial charge in [0.2, 0.25) is 0 Å². The first-order valence-corrected chi connectivity index (χ1v) is 9.22. The third kappa shape index (κ3) is 4.40. The molecular weight excluding hydrogens is 346 g/mol. The summed E-state index contributed by atoms with van der Waals surface area (Å²) in [4.78, 5) is 27.1. The summed E-state index contributed by atoms with van der Waals surface area (Å²) < 4.78 is 11.0. The van der Waals surface area contributed by atoms with Gasteiger partial charge in [0.05, 0.1) is 44.9 Å². The zero-order valence-corrected chi connectivity index (χ0v) is 15.1. The Kier molecular flexibility index (Phi) is 5.55. The van der Waals surface area contributed by atoms with Crippen LogP contribution in [0.4, 0.5) is 5.82 Å². The standard InChI is InChI=1S/C19H23N5O3/c25-19(24-5-7-26-8-6-24)16-10-21-11-18(22-16)23-17-13-27-12-15(17)9-14-1-3-20-4-2-14/h1-4,10-11,15,17H,5-9,12-13H2,(H,22,23)/t15-,17-/m1/s1. The van der Waals surface area contributed by atoms with Crippen molar-refractivity contribution in [1.29, 1.82) is 0 Å². The minimum atomic E-state index is -0.106. The van der Waals surface area contributed by atoms with Crippen LogP contribution in [0.2, 0.25) is 0 Å². The Morgan fingerprint density at radius 2 is 1.93 bits per heavy atom. The van der Waals surface area contributed by atoms with Crippen molar-refractivity contribution in [3.63, 3.8) is 0 Å². The number of carbonyl (C=O) groups excluding carboxylic acids is 1. The van der Waals surface area contributed by atoms with Crippen LogP contribution >= 0.6 is 0 Å². The molecule has 2 atom stereocenters. The topological polar surface area (TPSA) is 89.5 Å². The summed E-state index contributed by atoms with van der Waals surface area (Å²) in [6.45, 7) is 3.60. The lowest BCUT2D eigenvalue weighted by Crippen LogP contribution is -2.41. The summed E-state index contributed by atoms with van der Waals surface area (Å²) in [5.41, 5.74) is 1.58. The highest BCUT2D eigenvalue weighted by Gasteiger charge is 2.29. The van der Waals surface area contributed by atoms with Gasteiger partial charge in [0.15, 0.2) is 0 Å². The molecule has 2 fully saturated rings. The maximum atomic E-state index is 12.6. The molecule has 8 nitrogen and oxygen atoms in total. The Morgan fingerprint density at radius 1 is 1.11 bits per heavy atom. The van der Waals surface area contributed by atoms with Crippen LogP contribution in [0.5, 0.6) is 0 Å². The van der Waals surface area contributed by atoms with Crippen LogP contribution in [0.15, 0.2) is 36.9 Å². The largest absolute Gasteiger partial charge is 0.379 e. The molecule has 8 heteroatoms. The molecule has 2 aliphatic rings. The van der Waals surface area contributed by atoms with E-state index in [0.717, 1.165) is 6.42 Å². The molecule has 1 amide bonds. The van der Waals surface area contributed by atoms with Gasteiger partial charge in [0, 0.05) is 31.4 Å². The lowest BCUT2D eigenvalue weighted by molar-refractivity contribution is 0.0299. The zero-order chi connectivity index (χ0) is 18.5. The quantitative estimate of drug-likeness (QED) is 0.841. The summed E-state index contributed by atoms with van der Waals surface area (Å²) in [5.74, 6) is 0.822. The highest BCUT2D eigenvalue weighted by molar-refractivity contribution is 5.92. The lowest BCUT2D eigenvalue weighted by atomic mass is 9.95. The Balaban J connectivity index is 1.42. The molecule has 2 saturated heterocycles. The van der Waals surface area contributed by atoms with Crippen molar-refractivity contribution in [1.82, 2.24) is 19.9 Å². The fourth-order valence-electron chi connectivity index (χ4n) is 3.44. The van der Waals surface area contributed by atoms with Gasteiger partial charge in [-0.2, -0.15) is 0 Å². The Morgan fingerprint density at radius 3 is 2.74 bits per heavy atom. The van der Waals surface area contributed by atoms with Gasteiger partial charge in [-0.05, 0) is 24.1 Å². The van der Waals surface area contributed by atoms with Crippen molar-refractivity contribution in [2.45, 2.75) is 12.5 Å². The van der Waals surface area contributed by atoms with Crippen LogP contribution in [0.25, 0.3) is 0 Å². The van der Waals surface area contributed by atoms with E-state index in [1.165, 1.54) is 11.8 Å². The summed E-state index contributed by atoms with van der Waals surface area (Å²) in [7, 11) is 0. The SMILES string of the molecule is O=C(c1cncc(N[C@@H]2COC[C@H]2Cc2ccncc2)n1)N1CCOCC1. The van der Waals surface area contributed by atoms with E-state index in [9.17, 15) is 4.79 Å². The molecule has 0 unspecified atom stereocenters. The van der Waals surface area contributed by atoms with E-state index < -0.39 is 0 Å². The van der Waals surface area contributed by atoms with E-state index in [4.69, 9.17) is 9.47 Å². The summed E-state index contributed by atoms with van der Waals surface area (Å²) in [5, 5.41) is 3.40. The third-order valence-corrected chi connectivity index (χ3v) is 4.93. The van der Waals surface area contributed by atoms with Crippen LogP contribution in [-0.2, 0) is 15.9 Å². The van der Waals surface area contributed by atoms with Gasteiger partial charge in [-0.1, -0.05) is 0 Å². The van der Waals surface area contributed by atoms with Crippen molar-refractivity contribution in [2.24, 2.45) is 5.92 Å². The van der Waals surface area contributed by atoms with Gasteiger partial charge in [0.25, 0.3) is 5.91 Å². The molecule has 2 aromatic rings. The van der Waals surface area contributed by atoms with Gasteiger partial charge in [-0.3, -0.25) is 14.8 Å². The number of rotatable bonds is 5. The second kappa shape index (κ2) is 8.41. The van der Waals surface area contributed by atoms with Crippen molar-refractivity contribution < 1.29 is 14.3 Å². The third-order valence-electron chi connectivity index (χ3n) is 4.93. The Labute approximate surface area is 157 Å². The molecule has 27 heavy (non-hydrogen) atoms. The van der Waals surface area contributed by atoms with Crippen molar-refractivity contribution >= 4 is 11.7 Å².